The van der Waals surface area contributed by atoms with E-state index in [-0.39, 0.29) is 0 Å². The predicted octanol–water partition coefficient (Wildman–Crippen LogP) is 3.66. The van der Waals surface area contributed by atoms with Crippen LogP contribution in [-0.4, -0.2) is 37.3 Å². The number of piperazine rings is 1. The summed E-state index contributed by atoms with van der Waals surface area (Å²) in [4.78, 5) is 1.92. The van der Waals surface area contributed by atoms with Crippen molar-refractivity contribution in [1.29, 1.82) is 0 Å². The van der Waals surface area contributed by atoms with Crippen LogP contribution in [0.4, 0.5) is 13.2 Å². The Morgan fingerprint density at radius 1 is 1.30 bits per heavy atom. The van der Waals surface area contributed by atoms with Crippen molar-refractivity contribution in [3.05, 3.63) is 33.8 Å². The van der Waals surface area contributed by atoms with Crippen LogP contribution in [0.5, 0.6) is 0 Å². The molecule has 1 fully saturated rings. The maximum absolute atomic E-state index is 12.9. The molecule has 112 valence electrons. The molecule has 1 heterocycles. The van der Waals surface area contributed by atoms with Gasteiger partial charge in [0.1, 0.15) is 0 Å². The fraction of sp³-hybridized carbons (Fsp3) is 0.571. The summed E-state index contributed by atoms with van der Waals surface area (Å²) in [6.45, 7) is 4.68. The standard InChI is InChI=1S/C14H18BrF3N2/c1-10-2-3-11(12(15)8-10)13(9-14(16,17)18)20-6-4-19-5-7-20/h2-3,8,13,19H,4-7,9H2,1H3/t13-/m1/s1. The van der Waals surface area contributed by atoms with E-state index >= 15 is 0 Å². The fourth-order valence-corrected chi connectivity index (χ4v) is 3.31. The van der Waals surface area contributed by atoms with Gasteiger partial charge in [0.25, 0.3) is 0 Å². The monoisotopic (exact) mass is 350 g/mol. The largest absolute Gasteiger partial charge is 0.390 e. The molecule has 0 unspecified atom stereocenters. The Labute approximate surface area is 125 Å². The van der Waals surface area contributed by atoms with Crippen molar-refractivity contribution in [1.82, 2.24) is 10.2 Å². The highest BCUT2D eigenvalue weighted by molar-refractivity contribution is 9.10. The lowest BCUT2D eigenvalue weighted by atomic mass is 9.99. The number of aryl methyl sites for hydroxylation is 1. The van der Waals surface area contributed by atoms with Gasteiger partial charge in [-0.25, -0.2) is 0 Å². The molecule has 0 aromatic heterocycles. The molecule has 1 aliphatic rings. The fourth-order valence-electron chi connectivity index (χ4n) is 2.55. The lowest BCUT2D eigenvalue weighted by Crippen LogP contribution is -2.46. The van der Waals surface area contributed by atoms with E-state index in [0.717, 1.165) is 28.7 Å². The van der Waals surface area contributed by atoms with Gasteiger partial charge in [0, 0.05) is 36.7 Å². The average molecular weight is 351 g/mol. The molecule has 0 bridgehead atoms. The van der Waals surface area contributed by atoms with Gasteiger partial charge in [-0.05, 0) is 24.1 Å². The number of nitrogens with zero attached hydrogens (tertiary/aromatic N) is 1. The van der Waals surface area contributed by atoms with Crippen LogP contribution >= 0.6 is 15.9 Å². The molecule has 0 spiro atoms. The van der Waals surface area contributed by atoms with Gasteiger partial charge in [-0.1, -0.05) is 28.1 Å². The number of benzene rings is 1. The zero-order chi connectivity index (χ0) is 14.8. The summed E-state index contributed by atoms with van der Waals surface area (Å²) in [5.74, 6) is 0. The molecule has 0 amide bonds. The summed E-state index contributed by atoms with van der Waals surface area (Å²) < 4.78 is 39.5. The van der Waals surface area contributed by atoms with Crippen molar-refractivity contribution in [2.24, 2.45) is 0 Å². The number of hydrogen-bond donors (Lipinski definition) is 1. The maximum Gasteiger partial charge on any atom is 0.390 e. The third-order valence-electron chi connectivity index (χ3n) is 3.53. The summed E-state index contributed by atoms with van der Waals surface area (Å²) in [6.07, 6.45) is -4.98. The Hall–Kier alpha value is -0.590. The Morgan fingerprint density at radius 3 is 2.50 bits per heavy atom. The molecule has 1 aliphatic heterocycles. The first-order valence-electron chi connectivity index (χ1n) is 6.64. The van der Waals surface area contributed by atoms with Crippen molar-refractivity contribution in [3.8, 4) is 0 Å². The molecule has 0 saturated carbocycles. The van der Waals surface area contributed by atoms with Gasteiger partial charge in [0.05, 0.1) is 6.42 Å². The van der Waals surface area contributed by atoms with Gasteiger partial charge in [0.2, 0.25) is 0 Å². The van der Waals surface area contributed by atoms with Gasteiger partial charge in [-0.2, -0.15) is 13.2 Å². The van der Waals surface area contributed by atoms with E-state index in [1.807, 2.05) is 24.0 Å². The van der Waals surface area contributed by atoms with Crippen molar-refractivity contribution in [3.63, 3.8) is 0 Å². The Morgan fingerprint density at radius 2 is 1.95 bits per heavy atom. The Balaban J connectivity index is 2.29. The molecule has 1 saturated heterocycles. The summed E-state index contributed by atoms with van der Waals surface area (Å²) in [5, 5.41) is 3.17. The Bertz CT molecular complexity index is 456. The van der Waals surface area contributed by atoms with Crippen LogP contribution in [0, 0.1) is 6.92 Å². The van der Waals surface area contributed by atoms with E-state index in [0.29, 0.717) is 13.1 Å². The number of nitrogens with one attached hydrogen (secondary N) is 1. The van der Waals surface area contributed by atoms with E-state index in [1.54, 1.807) is 6.07 Å². The first-order valence-corrected chi connectivity index (χ1v) is 7.44. The molecule has 1 aromatic rings. The number of hydrogen-bond acceptors (Lipinski definition) is 2. The summed E-state index contributed by atoms with van der Waals surface area (Å²) in [6, 6.07) is 4.93. The van der Waals surface area contributed by atoms with Crippen molar-refractivity contribution in [2.75, 3.05) is 26.2 Å². The van der Waals surface area contributed by atoms with Crippen LogP contribution < -0.4 is 5.32 Å². The molecule has 2 nitrogen and oxygen atoms in total. The van der Waals surface area contributed by atoms with Gasteiger partial charge in [0.15, 0.2) is 0 Å². The normalized spacial score (nSPS) is 19.1. The predicted molar refractivity (Wildman–Crippen MR) is 76.7 cm³/mol. The molecular formula is C14H18BrF3N2. The molecule has 1 aromatic carbocycles. The van der Waals surface area contributed by atoms with E-state index in [9.17, 15) is 13.2 Å². The molecule has 2 rings (SSSR count). The molecule has 0 aliphatic carbocycles. The summed E-state index contributed by atoms with van der Waals surface area (Å²) in [7, 11) is 0. The topological polar surface area (TPSA) is 15.3 Å². The highest BCUT2D eigenvalue weighted by atomic mass is 79.9. The second kappa shape index (κ2) is 6.45. The van der Waals surface area contributed by atoms with E-state index in [1.165, 1.54) is 0 Å². The molecular weight excluding hydrogens is 333 g/mol. The first-order chi connectivity index (χ1) is 9.37. The van der Waals surface area contributed by atoms with Gasteiger partial charge < -0.3 is 5.32 Å². The second-order valence-corrected chi connectivity index (χ2v) is 6.00. The lowest BCUT2D eigenvalue weighted by Gasteiger charge is -2.36. The lowest BCUT2D eigenvalue weighted by molar-refractivity contribution is -0.148. The summed E-state index contributed by atoms with van der Waals surface area (Å²) in [5.41, 5.74) is 1.75. The first kappa shape index (κ1) is 15.8. The van der Waals surface area contributed by atoms with Crippen molar-refractivity contribution >= 4 is 15.9 Å². The minimum Gasteiger partial charge on any atom is -0.314 e. The number of alkyl halides is 3. The highest BCUT2D eigenvalue weighted by Crippen LogP contribution is 2.37. The van der Waals surface area contributed by atoms with Gasteiger partial charge in [-0.3, -0.25) is 4.90 Å². The van der Waals surface area contributed by atoms with Gasteiger partial charge in [-0.15, -0.1) is 0 Å². The number of halogens is 4. The minimum absolute atomic E-state index is 0.618. The molecule has 1 atom stereocenters. The molecule has 0 radical (unpaired) electrons. The third-order valence-corrected chi connectivity index (χ3v) is 4.22. The van der Waals surface area contributed by atoms with Crippen LogP contribution in [0.1, 0.15) is 23.6 Å². The highest BCUT2D eigenvalue weighted by Gasteiger charge is 2.36. The molecule has 6 heteroatoms. The second-order valence-electron chi connectivity index (χ2n) is 5.15. The van der Waals surface area contributed by atoms with Crippen LogP contribution in [0.25, 0.3) is 0 Å². The van der Waals surface area contributed by atoms with E-state index < -0.39 is 18.6 Å². The van der Waals surface area contributed by atoms with E-state index in [2.05, 4.69) is 21.2 Å². The smallest absolute Gasteiger partial charge is 0.314 e. The SMILES string of the molecule is Cc1ccc([C@@H](CC(F)(F)F)N2CCNCC2)c(Br)c1. The van der Waals surface area contributed by atoms with Crippen LogP contribution in [0.2, 0.25) is 0 Å². The van der Waals surface area contributed by atoms with Crippen LogP contribution in [0.3, 0.4) is 0 Å². The zero-order valence-electron chi connectivity index (χ0n) is 11.3. The third kappa shape index (κ3) is 4.20. The average Bonchev–Trinajstić information content (AvgIpc) is 2.36. The molecule has 1 N–H and O–H groups in total. The van der Waals surface area contributed by atoms with E-state index in [4.69, 9.17) is 0 Å². The van der Waals surface area contributed by atoms with Crippen molar-refractivity contribution < 1.29 is 13.2 Å². The minimum atomic E-state index is -4.17. The maximum atomic E-state index is 12.9. The molecule has 20 heavy (non-hydrogen) atoms. The quantitative estimate of drug-likeness (QED) is 0.894. The number of rotatable bonds is 3. The Kier molecular flexibility index (Phi) is 5.09. The van der Waals surface area contributed by atoms with Crippen molar-refractivity contribution in [2.45, 2.75) is 25.6 Å². The zero-order valence-corrected chi connectivity index (χ0v) is 12.9. The summed E-state index contributed by atoms with van der Waals surface area (Å²) >= 11 is 3.41. The van der Waals surface area contributed by atoms with Crippen LogP contribution in [-0.2, 0) is 0 Å². The van der Waals surface area contributed by atoms with Gasteiger partial charge >= 0.3 is 6.18 Å². The van der Waals surface area contributed by atoms with Crippen LogP contribution in [0.15, 0.2) is 22.7 Å².